The number of rotatable bonds is 5. The summed E-state index contributed by atoms with van der Waals surface area (Å²) in [6, 6.07) is 9.00. The van der Waals surface area contributed by atoms with Crippen LogP contribution >= 0.6 is 23.4 Å². The van der Waals surface area contributed by atoms with Crippen molar-refractivity contribution in [2.45, 2.75) is 67.6 Å². The lowest BCUT2D eigenvalue weighted by Crippen LogP contribution is -2.50. The monoisotopic (exact) mass is 648 g/mol. The molecule has 0 aliphatic carbocycles. The lowest BCUT2D eigenvalue weighted by molar-refractivity contribution is 0.0973. The van der Waals surface area contributed by atoms with E-state index in [0.29, 0.717) is 52.5 Å². The van der Waals surface area contributed by atoms with E-state index in [1.54, 1.807) is 18.3 Å². The molecule has 3 aliphatic heterocycles. The summed E-state index contributed by atoms with van der Waals surface area (Å²) >= 11 is 8.02. The Morgan fingerprint density at radius 1 is 1.13 bits per heavy atom. The van der Waals surface area contributed by atoms with Gasteiger partial charge in [0.2, 0.25) is 11.8 Å². The van der Waals surface area contributed by atoms with Crippen molar-refractivity contribution in [1.82, 2.24) is 24.5 Å². The van der Waals surface area contributed by atoms with Crippen LogP contribution in [0.25, 0.3) is 11.0 Å². The van der Waals surface area contributed by atoms with Gasteiger partial charge in [-0.15, -0.1) is 0 Å². The first-order chi connectivity index (χ1) is 21.7. The molecule has 4 aromatic rings. The van der Waals surface area contributed by atoms with Gasteiger partial charge < -0.3 is 25.8 Å². The summed E-state index contributed by atoms with van der Waals surface area (Å²) in [6.07, 6.45) is 5.96. The lowest BCUT2D eigenvalue weighted by Gasteiger charge is -2.41. The Bertz CT molecular complexity index is 1860. The molecule has 4 N–H and O–H groups in total. The van der Waals surface area contributed by atoms with Crippen LogP contribution in [0.2, 0.25) is 5.02 Å². The van der Waals surface area contributed by atoms with E-state index < -0.39 is 22.9 Å². The van der Waals surface area contributed by atoms with E-state index in [4.69, 9.17) is 32.0 Å². The van der Waals surface area contributed by atoms with Crippen LogP contribution in [0.4, 0.5) is 11.6 Å². The normalized spacial score (nSPS) is 20.8. The number of carbonyl (C=O) groups is 1. The van der Waals surface area contributed by atoms with Gasteiger partial charge in [-0.1, -0.05) is 29.4 Å². The Morgan fingerprint density at radius 3 is 2.73 bits per heavy atom. The Labute approximate surface area is 268 Å². The van der Waals surface area contributed by atoms with E-state index >= 15 is 0 Å². The molecular weight excluding hydrogens is 616 g/mol. The standard InChI is InChI=1S/C31H33ClN8O4S/c1-17-26(33)31(16-44-17)10-13-39(14-11-31)30-34-15-20-18(37-30)8-9-23(35-20)45-21-6-4-5-19(25(21)32)36-27(41)24-28(42)38-22-7-2-3-12-40(22)29(24)43/h4-6,8-9,15,17,26,42H,2-3,7,10-14,16,33H2,1H3,(H,36,41)/t17-,26+/m0/s1. The van der Waals surface area contributed by atoms with Gasteiger partial charge in [0, 0.05) is 42.4 Å². The Morgan fingerprint density at radius 2 is 1.96 bits per heavy atom. The minimum Gasteiger partial charge on any atom is -0.493 e. The number of hydrogen-bond acceptors (Lipinski definition) is 11. The average Bonchev–Trinajstić information content (AvgIpc) is 3.31. The number of aromatic nitrogens is 5. The second-order valence-corrected chi connectivity index (χ2v) is 13.4. The number of fused-ring (bicyclic) bond motifs is 2. The number of carbonyl (C=O) groups excluding carboxylic acids is 1. The van der Waals surface area contributed by atoms with Crippen LogP contribution in [-0.2, 0) is 17.7 Å². The largest absolute Gasteiger partial charge is 0.493 e. The summed E-state index contributed by atoms with van der Waals surface area (Å²) in [6.45, 7) is 4.86. The van der Waals surface area contributed by atoms with Crippen molar-refractivity contribution in [3.63, 3.8) is 0 Å². The third-order valence-corrected chi connectivity index (χ3v) is 10.7. The highest BCUT2D eigenvalue weighted by Crippen LogP contribution is 2.42. The highest BCUT2D eigenvalue weighted by molar-refractivity contribution is 7.99. The smallest absolute Gasteiger partial charge is 0.270 e. The number of ether oxygens (including phenoxy) is 1. The van der Waals surface area contributed by atoms with E-state index in [1.165, 1.54) is 16.3 Å². The maximum absolute atomic E-state index is 13.1. The van der Waals surface area contributed by atoms with Crippen molar-refractivity contribution in [1.29, 1.82) is 0 Å². The van der Waals surface area contributed by atoms with Crippen LogP contribution in [0.1, 0.15) is 48.8 Å². The molecule has 45 heavy (non-hydrogen) atoms. The molecule has 1 aromatic carbocycles. The number of nitrogens with zero attached hydrogens (tertiary/aromatic N) is 6. The third kappa shape index (κ3) is 5.51. The second-order valence-electron chi connectivity index (χ2n) is 11.9. The average molecular weight is 649 g/mol. The Hall–Kier alpha value is -3.78. The Kier molecular flexibility index (Phi) is 7.88. The highest BCUT2D eigenvalue weighted by atomic mass is 35.5. The van der Waals surface area contributed by atoms with Crippen molar-refractivity contribution in [3.05, 3.63) is 63.3 Å². The van der Waals surface area contributed by atoms with Crippen LogP contribution in [0.5, 0.6) is 5.88 Å². The van der Waals surface area contributed by atoms with Gasteiger partial charge in [0.15, 0.2) is 5.56 Å². The molecule has 6 heterocycles. The molecule has 2 fully saturated rings. The first-order valence-electron chi connectivity index (χ1n) is 15.1. The number of amides is 1. The number of halogens is 1. The minimum atomic E-state index is -0.774. The quantitative estimate of drug-likeness (QED) is 0.287. The van der Waals surface area contributed by atoms with Crippen molar-refractivity contribution in [3.8, 4) is 5.88 Å². The van der Waals surface area contributed by atoms with E-state index in [0.717, 1.165) is 44.3 Å². The van der Waals surface area contributed by atoms with E-state index in [9.17, 15) is 14.7 Å². The molecule has 0 radical (unpaired) electrons. The summed E-state index contributed by atoms with van der Waals surface area (Å²) < 4.78 is 7.30. The molecule has 1 spiro atoms. The van der Waals surface area contributed by atoms with Gasteiger partial charge in [-0.3, -0.25) is 14.2 Å². The van der Waals surface area contributed by atoms with Crippen LogP contribution in [0, 0.1) is 5.41 Å². The van der Waals surface area contributed by atoms with Gasteiger partial charge in [0.25, 0.3) is 11.5 Å². The zero-order chi connectivity index (χ0) is 31.3. The second kappa shape index (κ2) is 11.9. The molecule has 1 amide bonds. The summed E-state index contributed by atoms with van der Waals surface area (Å²) in [5, 5.41) is 14.0. The minimum absolute atomic E-state index is 0.0277. The van der Waals surface area contributed by atoms with Gasteiger partial charge in [-0.25, -0.2) is 15.0 Å². The first-order valence-corrected chi connectivity index (χ1v) is 16.3. The van der Waals surface area contributed by atoms with Gasteiger partial charge in [-0.05, 0) is 56.9 Å². The molecule has 0 unspecified atom stereocenters. The van der Waals surface area contributed by atoms with Crippen LogP contribution in [0.3, 0.4) is 0 Å². The third-order valence-electron chi connectivity index (χ3n) is 9.20. The predicted octanol–water partition coefficient (Wildman–Crippen LogP) is 4.01. The summed E-state index contributed by atoms with van der Waals surface area (Å²) in [4.78, 5) is 47.2. The zero-order valence-electron chi connectivity index (χ0n) is 24.7. The van der Waals surface area contributed by atoms with Crippen LogP contribution in [0.15, 0.2) is 51.2 Å². The summed E-state index contributed by atoms with van der Waals surface area (Å²) in [7, 11) is 0. The number of hydrogen-bond donors (Lipinski definition) is 3. The number of anilines is 2. The number of aryl methyl sites for hydroxylation is 1. The lowest BCUT2D eigenvalue weighted by atomic mass is 9.73. The van der Waals surface area contributed by atoms with Crippen molar-refractivity contribution < 1.29 is 14.6 Å². The van der Waals surface area contributed by atoms with Gasteiger partial charge in [-0.2, -0.15) is 4.98 Å². The molecule has 3 aliphatic rings. The summed E-state index contributed by atoms with van der Waals surface area (Å²) in [5.74, 6) is -0.194. The van der Waals surface area contributed by atoms with Gasteiger partial charge in [0.1, 0.15) is 16.4 Å². The molecule has 234 valence electrons. The SMILES string of the molecule is C[C@@H]1OCC2(CCN(c3ncc4nc(Sc5cccc(NC(=O)c6c(O)nc7n(c6=O)CCCC7)c5Cl)ccc4n3)CC2)[C@@H]1N. The molecule has 7 rings (SSSR count). The fourth-order valence-corrected chi connectivity index (χ4v) is 7.61. The number of nitrogens with two attached hydrogens (primary N) is 1. The summed E-state index contributed by atoms with van der Waals surface area (Å²) in [5.41, 5.74) is 7.21. The predicted molar refractivity (Wildman–Crippen MR) is 171 cm³/mol. The molecule has 12 nitrogen and oxygen atoms in total. The van der Waals surface area contributed by atoms with E-state index in [2.05, 4.69) is 20.2 Å². The molecule has 2 saturated heterocycles. The zero-order valence-corrected chi connectivity index (χ0v) is 26.3. The van der Waals surface area contributed by atoms with Crippen LogP contribution < -0.4 is 21.5 Å². The van der Waals surface area contributed by atoms with Crippen molar-refractivity contribution >= 4 is 51.9 Å². The van der Waals surface area contributed by atoms with Gasteiger partial charge >= 0.3 is 0 Å². The first kappa shape index (κ1) is 29.9. The van der Waals surface area contributed by atoms with E-state index in [-0.39, 0.29) is 22.6 Å². The highest BCUT2D eigenvalue weighted by Gasteiger charge is 2.47. The molecular formula is C31H33ClN8O4S. The molecule has 0 bridgehead atoms. The Balaban J connectivity index is 1.05. The topological polar surface area (TPSA) is 161 Å². The fourth-order valence-electron chi connectivity index (χ4n) is 6.47. The van der Waals surface area contributed by atoms with Crippen LogP contribution in [-0.4, -0.2) is 67.4 Å². The maximum atomic E-state index is 13.1. The number of benzene rings is 1. The molecule has 14 heteroatoms. The van der Waals surface area contributed by atoms with E-state index in [1.807, 2.05) is 25.1 Å². The molecule has 2 atom stereocenters. The molecule has 3 aromatic heterocycles. The number of aromatic hydroxyl groups is 1. The molecule has 0 saturated carbocycles. The number of piperidine rings is 1. The van der Waals surface area contributed by atoms with Crippen molar-refractivity contribution in [2.75, 3.05) is 29.9 Å². The van der Waals surface area contributed by atoms with Gasteiger partial charge in [0.05, 0.1) is 35.1 Å². The number of pyridine rings is 1. The number of nitrogens with one attached hydrogen (secondary N) is 1. The van der Waals surface area contributed by atoms with Crippen molar-refractivity contribution in [2.24, 2.45) is 11.1 Å². The maximum Gasteiger partial charge on any atom is 0.270 e. The fraction of sp³-hybridized carbons (Fsp3) is 0.419.